The lowest BCUT2D eigenvalue weighted by Crippen LogP contribution is -2.47. The normalized spacial score (nSPS) is 10.9. The molecule has 0 radical (unpaired) electrons. The lowest BCUT2D eigenvalue weighted by Gasteiger charge is -2.12. The van der Waals surface area contributed by atoms with Crippen LogP contribution in [0.25, 0.3) is 33.8 Å². The van der Waals surface area contributed by atoms with Gasteiger partial charge in [-0.25, -0.2) is 0 Å². The van der Waals surface area contributed by atoms with Gasteiger partial charge in [-0.1, -0.05) is 12.1 Å². The van der Waals surface area contributed by atoms with Crippen molar-refractivity contribution in [3.05, 3.63) is 93.9 Å². The van der Waals surface area contributed by atoms with Crippen LogP contribution in [0.5, 0.6) is 0 Å². The molecule has 3 heterocycles. The lowest BCUT2D eigenvalue weighted by molar-refractivity contribution is -0.641. The van der Waals surface area contributed by atoms with Crippen LogP contribution in [0.2, 0.25) is 0 Å². The Labute approximate surface area is 147 Å². The van der Waals surface area contributed by atoms with Crippen LogP contribution in [0.15, 0.2) is 73.1 Å². The van der Waals surface area contributed by atoms with Gasteiger partial charge in [0.1, 0.15) is 0 Å². The van der Waals surface area contributed by atoms with Crippen molar-refractivity contribution in [2.45, 2.75) is 0 Å². The van der Waals surface area contributed by atoms with Crippen molar-refractivity contribution in [1.82, 2.24) is 0 Å². The van der Waals surface area contributed by atoms with Crippen LogP contribution in [-0.4, -0.2) is 0 Å². The fraction of sp³-hybridized carbons (Fsp3) is 0. The summed E-state index contributed by atoms with van der Waals surface area (Å²) in [5.74, 6) is 0. The van der Waals surface area contributed by atoms with E-state index >= 15 is 0 Å². The third kappa shape index (κ3) is 2.24. The van der Waals surface area contributed by atoms with Gasteiger partial charge in [-0.2, -0.15) is 9.46 Å². The molecule has 0 spiro atoms. The maximum atomic E-state index is 13.0. The van der Waals surface area contributed by atoms with Gasteiger partial charge in [-0.15, -0.1) is 9.46 Å². The van der Waals surface area contributed by atoms with Crippen molar-refractivity contribution >= 4 is 11.0 Å². The summed E-state index contributed by atoms with van der Waals surface area (Å²) in [6.45, 7) is 0. The molecule has 0 saturated heterocycles. The van der Waals surface area contributed by atoms with Crippen molar-refractivity contribution in [2.75, 3.05) is 0 Å². The molecule has 8 nitrogen and oxygen atoms in total. The molecule has 0 bridgehead atoms. The van der Waals surface area contributed by atoms with Crippen LogP contribution in [0.3, 0.4) is 0 Å². The molecule has 0 aliphatic heterocycles. The molecule has 26 heavy (non-hydrogen) atoms. The summed E-state index contributed by atoms with van der Waals surface area (Å²) in [6, 6.07) is 15.2. The minimum Gasteiger partial charge on any atom is -0.618 e. The molecule has 4 rings (SSSR count). The van der Waals surface area contributed by atoms with Gasteiger partial charge in [0, 0.05) is 36.4 Å². The Kier molecular flexibility index (Phi) is 3.51. The van der Waals surface area contributed by atoms with E-state index in [9.17, 15) is 20.8 Å². The standard InChI is InChI=1S/C18H12N4O4/c23-19-11-5-3-9-15(19)17-18(16-10-4-6-12-20(16)24)22(26)14-8-2-1-7-13(14)21(17)25/h1-12H. The van der Waals surface area contributed by atoms with Crippen molar-refractivity contribution in [3.63, 3.8) is 0 Å². The van der Waals surface area contributed by atoms with E-state index in [2.05, 4.69) is 0 Å². The van der Waals surface area contributed by atoms with Crippen molar-refractivity contribution < 1.29 is 18.9 Å². The number of fused-ring (bicyclic) bond motifs is 1. The Hall–Kier alpha value is -3.94. The first-order valence-corrected chi connectivity index (χ1v) is 7.74. The summed E-state index contributed by atoms with van der Waals surface area (Å²) < 4.78 is 1.99. The highest BCUT2D eigenvalue weighted by Crippen LogP contribution is 2.24. The second kappa shape index (κ2) is 5.85. The van der Waals surface area contributed by atoms with E-state index in [1.54, 1.807) is 24.3 Å². The predicted octanol–water partition coefficient (Wildman–Crippen LogP) is 0.707. The zero-order chi connectivity index (χ0) is 18.3. The van der Waals surface area contributed by atoms with E-state index in [0.717, 1.165) is 0 Å². The van der Waals surface area contributed by atoms with Gasteiger partial charge >= 0.3 is 11.4 Å². The molecule has 0 fully saturated rings. The lowest BCUT2D eigenvalue weighted by atomic mass is 10.1. The average Bonchev–Trinajstić information content (AvgIpc) is 2.66. The minimum absolute atomic E-state index is 0.0308. The summed E-state index contributed by atoms with van der Waals surface area (Å²) in [6.07, 6.45) is 2.44. The molecule has 0 aliphatic rings. The fourth-order valence-corrected chi connectivity index (χ4v) is 2.91. The highest BCUT2D eigenvalue weighted by atomic mass is 16.5. The molecule has 8 heteroatoms. The van der Waals surface area contributed by atoms with Gasteiger partial charge in [0.2, 0.25) is 0 Å². The predicted molar refractivity (Wildman–Crippen MR) is 90.7 cm³/mol. The van der Waals surface area contributed by atoms with Gasteiger partial charge in [0.15, 0.2) is 12.4 Å². The largest absolute Gasteiger partial charge is 0.618 e. The topological polar surface area (TPSA) is 108 Å². The third-order valence-corrected chi connectivity index (χ3v) is 4.08. The summed E-state index contributed by atoms with van der Waals surface area (Å²) in [4.78, 5) is 0. The first-order valence-electron chi connectivity index (χ1n) is 7.74. The molecule has 0 aliphatic carbocycles. The summed E-state index contributed by atoms with van der Waals surface area (Å²) in [7, 11) is 0. The van der Waals surface area contributed by atoms with E-state index in [1.807, 2.05) is 0 Å². The van der Waals surface area contributed by atoms with Crippen molar-refractivity contribution in [2.24, 2.45) is 0 Å². The number of pyridine rings is 2. The number of rotatable bonds is 2. The number of aromatic nitrogens is 4. The number of hydrogen-bond donors (Lipinski definition) is 0. The van der Waals surface area contributed by atoms with Crippen LogP contribution in [0.4, 0.5) is 0 Å². The Morgan fingerprint density at radius 1 is 0.500 bits per heavy atom. The van der Waals surface area contributed by atoms with E-state index in [0.29, 0.717) is 18.9 Å². The number of para-hydroxylation sites is 2. The van der Waals surface area contributed by atoms with E-state index in [1.165, 1.54) is 48.8 Å². The van der Waals surface area contributed by atoms with Crippen molar-refractivity contribution in [3.8, 4) is 22.8 Å². The molecule has 0 N–H and O–H groups in total. The Morgan fingerprint density at radius 2 is 0.885 bits per heavy atom. The van der Waals surface area contributed by atoms with Gasteiger partial charge in [0.25, 0.3) is 22.4 Å². The Morgan fingerprint density at radius 3 is 1.27 bits per heavy atom. The van der Waals surface area contributed by atoms with Gasteiger partial charge in [-0.05, 0) is 12.1 Å². The number of benzene rings is 1. The smallest absolute Gasteiger partial charge is 0.371 e. The maximum absolute atomic E-state index is 13.0. The van der Waals surface area contributed by atoms with E-state index in [-0.39, 0.29) is 33.8 Å². The Bertz CT molecular complexity index is 1060. The second-order valence-corrected chi connectivity index (χ2v) is 5.60. The summed E-state index contributed by atoms with van der Waals surface area (Å²) in [5, 5.41) is 50.6. The summed E-state index contributed by atoms with van der Waals surface area (Å²) in [5.41, 5.74) is -0.249. The van der Waals surface area contributed by atoms with Crippen molar-refractivity contribution in [1.29, 1.82) is 0 Å². The first-order chi connectivity index (χ1) is 12.6. The molecule has 3 aromatic heterocycles. The molecule has 4 aromatic rings. The molecule has 1 aromatic carbocycles. The van der Waals surface area contributed by atoms with Crippen LogP contribution in [0.1, 0.15) is 0 Å². The zero-order valence-electron chi connectivity index (χ0n) is 13.4. The fourth-order valence-electron chi connectivity index (χ4n) is 2.91. The average molecular weight is 348 g/mol. The zero-order valence-corrected chi connectivity index (χ0v) is 13.4. The van der Waals surface area contributed by atoms with Crippen LogP contribution >= 0.6 is 0 Å². The van der Waals surface area contributed by atoms with Crippen LogP contribution in [-0.2, 0) is 0 Å². The van der Waals surface area contributed by atoms with E-state index in [4.69, 9.17) is 0 Å². The Balaban J connectivity index is 2.23. The maximum Gasteiger partial charge on any atom is 0.371 e. The summed E-state index contributed by atoms with van der Waals surface area (Å²) >= 11 is 0. The van der Waals surface area contributed by atoms with Gasteiger partial charge in [-0.3, -0.25) is 0 Å². The second-order valence-electron chi connectivity index (χ2n) is 5.60. The SMILES string of the molecule is [O-][n+]1ccccc1-c1c(-c2cccc[n+]2[O-])[n+]([O-])c2ccccc2[n+]1[O-]. The third-order valence-electron chi connectivity index (χ3n) is 4.08. The molecule has 0 atom stereocenters. The monoisotopic (exact) mass is 348 g/mol. The highest BCUT2D eigenvalue weighted by molar-refractivity contribution is 5.74. The van der Waals surface area contributed by atoms with Crippen LogP contribution in [0, 0.1) is 20.8 Å². The number of nitrogens with zero attached hydrogens (tertiary/aromatic N) is 4. The molecular formula is C18H12N4O4. The molecule has 0 saturated carbocycles. The van der Waals surface area contributed by atoms with Crippen LogP contribution < -0.4 is 18.9 Å². The number of hydrogen-bond acceptors (Lipinski definition) is 4. The minimum atomic E-state index is -0.190. The highest BCUT2D eigenvalue weighted by Gasteiger charge is 2.39. The molecular weight excluding hydrogens is 336 g/mol. The molecule has 0 amide bonds. The first kappa shape index (κ1) is 15.6. The van der Waals surface area contributed by atoms with E-state index < -0.39 is 0 Å². The quantitative estimate of drug-likeness (QED) is 0.392. The molecule has 128 valence electrons. The molecule has 0 unspecified atom stereocenters. The van der Waals surface area contributed by atoms with Gasteiger partial charge < -0.3 is 20.8 Å². The van der Waals surface area contributed by atoms with Gasteiger partial charge in [0.05, 0.1) is 0 Å².